The molecule has 0 saturated heterocycles. The van der Waals surface area contributed by atoms with E-state index >= 15 is 0 Å². The van der Waals surface area contributed by atoms with Gasteiger partial charge < -0.3 is 5.11 Å². The minimum absolute atomic E-state index is 0.211. The molecule has 0 fully saturated rings. The van der Waals surface area contributed by atoms with Crippen molar-refractivity contribution in [3.63, 3.8) is 0 Å². The molecule has 0 aliphatic carbocycles. The van der Waals surface area contributed by atoms with Crippen molar-refractivity contribution in [2.75, 3.05) is 6.61 Å². The Kier molecular flexibility index (Phi) is 3.23. The summed E-state index contributed by atoms with van der Waals surface area (Å²) in [6.07, 6.45) is 0. The van der Waals surface area contributed by atoms with Crippen molar-refractivity contribution in [1.29, 1.82) is 0 Å². The summed E-state index contributed by atoms with van der Waals surface area (Å²) in [5.41, 5.74) is 11.0. The fourth-order valence-corrected chi connectivity index (χ4v) is 1.88. The molecule has 1 atom stereocenters. The molecule has 0 aliphatic heterocycles. The largest absolute Gasteiger partial charge is 0.396 e. The third-order valence-electron chi connectivity index (χ3n) is 2.60. The highest BCUT2D eigenvalue weighted by atomic mass is 16.3. The third-order valence-corrected chi connectivity index (χ3v) is 2.60. The predicted molar refractivity (Wildman–Crippen MR) is 65.5 cm³/mol. The molecule has 0 radical (unpaired) electrons. The molecule has 1 N–H and O–H groups in total. The number of hydrogen-bond donors (Lipinski definition) is 1. The number of azide groups is 1. The van der Waals surface area contributed by atoms with Crippen LogP contribution >= 0.6 is 0 Å². The van der Waals surface area contributed by atoms with E-state index in [-0.39, 0.29) is 6.61 Å². The number of aliphatic hydroxyl groups excluding tert-OH is 1. The first kappa shape index (κ1) is 11.4. The SMILES string of the molecule is Cc1cc(C(CO)N=[N+]=[N-])c2ccccc2n1. The second-order valence-electron chi connectivity index (χ2n) is 3.77. The maximum Gasteiger partial charge on any atom is 0.0863 e. The Morgan fingerprint density at radius 1 is 1.47 bits per heavy atom. The molecule has 0 aliphatic rings. The lowest BCUT2D eigenvalue weighted by atomic mass is 10.0. The van der Waals surface area contributed by atoms with E-state index in [0.29, 0.717) is 0 Å². The van der Waals surface area contributed by atoms with Crippen LogP contribution in [0.1, 0.15) is 17.3 Å². The zero-order valence-corrected chi connectivity index (χ0v) is 9.41. The normalized spacial score (nSPS) is 12.1. The molecule has 2 aromatic rings. The number of hydrogen-bond acceptors (Lipinski definition) is 3. The molecule has 2 rings (SSSR count). The molecule has 0 saturated carbocycles. The molecule has 1 aromatic heterocycles. The molecule has 0 spiro atoms. The maximum atomic E-state index is 9.28. The van der Waals surface area contributed by atoms with Crippen molar-refractivity contribution < 1.29 is 5.11 Å². The Labute approximate surface area is 98.4 Å². The zero-order chi connectivity index (χ0) is 12.3. The van der Waals surface area contributed by atoms with Crippen LogP contribution in [-0.2, 0) is 0 Å². The van der Waals surface area contributed by atoms with Gasteiger partial charge in [0.2, 0.25) is 0 Å². The van der Waals surface area contributed by atoms with Crippen LogP contribution in [0.15, 0.2) is 35.4 Å². The number of benzene rings is 1. The molecule has 5 nitrogen and oxygen atoms in total. The summed E-state index contributed by atoms with van der Waals surface area (Å²) in [6.45, 7) is 1.66. The second-order valence-corrected chi connectivity index (χ2v) is 3.77. The minimum Gasteiger partial charge on any atom is -0.396 e. The van der Waals surface area contributed by atoms with Gasteiger partial charge in [0.05, 0.1) is 18.2 Å². The first-order valence-corrected chi connectivity index (χ1v) is 5.27. The van der Waals surface area contributed by atoms with Gasteiger partial charge in [0, 0.05) is 16.0 Å². The number of fused-ring (bicyclic) bond motifs is 1. The van der Waals surface area contributed by atoms with Gasteiger partial charge in [0.15, 0.2) is 0 Å². The Hall–Kier alpha value is -2.10. The molecule has 5 heteroatoms. The third kappa shape index (κ3) is 2.20. The van der Waals surface area contributed by atoms with Crippen molar-refractivity contribution >= 4 is 10.9 Å². The number of aryl methyl sites for hydroxylation is 1. The van der Waals surface area contributed by atoms with Gasteiger partial charge in [0.25, 0.3) is 0 Å². The van der Waals surface area contributed by atoms with Crippen LogP contribution in [0.25, 0.3) is 21.3 Å². The van der Waals surface area contributed by atoms with Gasteiger partial charge in [-0.3, -0.25) is 4.98 Å². The molecule has 0 amide bonds. The molecule has 17 heavy (non-hydrogen) atoms. The molecule has 1 unspecified atom stereocenters. The molecule has 1 heterocycles. The quantitative estimate of drug-likeness (QED) is 0.497. The van der Waals surface area contributed by atoms with E-state index in [1.165, 1.54) is 0 Å². The van der Waals surface area contributed by atoms with E-state index in [9.17, 15) is 5.11 Å². The summed E-state index contributed by atoms with van der Waals surface area (Å²) in [5.74, 6) is 0. The van der Waals surface area contributed by atoms with Crippen LogP contribution < -0.4 is 0 Å². The smallest absolute Gasteiger partial charge is 0.0863 e. The summed E-state index contributed by atoms with van der Waals surface area (Å²) in [5, 5.41) is 13.8. The van der Waals surface area contributed by atoms with Crippen LogP contribution in [0.2, 0.25) is 0 Å². The number of rotatable bonds is 3. The van der Waals surface area contributed by atoms with E-state index in [0.717, 1.165) is 22.2 Å². The molecular weight excluding hydrogens is 216 g/mol. The Balaban J connectivity index is 2.70. The van der Waals surface area contributed by atoms with Gasteiger partial charge in [-0.05, 0) is 30.2 Å². The van der Waals surface area contributed by atoms with Crippen molar-refractivity contribution in [2.45, 2.75) is 13.0 Å². The van der Waals surface area contributed by atoms with Crippen LogP contribution in [0.4, 0.5) is 0 Å². The molecular formula is C12H12N4O. The first-order valence-electron chi connectivity index (χ1n) is 5.27. The van der Waals surface area contributed by atoms with Crippen LogP contribution in [0.3, 0.4) is 0 Å². The van der Waals surface area contributed by atoms with Crippen LogP contribution in [0.5, 0.6) is 0 Å². The standard InChI is InChI=1S/C12H12N4O/c1-8-6-10(12(7-17)15-16-13)9-4-2-3-5-11(9)14-8/h2-6,12,17H,7H2,1H3. The van der Waals surface area contributed by atoms with Crippen molar-refractivity contribution in [3.8, 4) is 0 Å². The zero-order valence-electron chi connectivity index (χ0n) is 9.41. The summed E-state index contributed by atoms with van der Waals surface area (Å²) in [7, 11) is 0. The van der Waals surface area contributed by atoms with E-state index in [1.54, 1.807) is 0 Å². The van der Waals surface area contributed by atoms with E-state index in [2.05, 4.69) is 15.0 Å². The summed E-state index contributed by atoms with van der Waals surface area (Å²) in [6, 6.07) is 8.89. The Morgan fingerprint density at radius 2 is 2.24 bits per heavy atom. The number of aliphatic hydroxyl groups is 1. The van der Waals surface area contributed by atoms with Gasteiger partial charge in [-0.2, -0.15) is 0 Å². The Morgan fingerprint density at radius 3 is 2.94 bits per heavy atom. The number of pyridine rings is 1. The number of para-hydroxylation sites is 1. The lowest BCUT2D eigenvalue weighted by Crippen LogP contribution is -2.02. The lowest BCUT2D eigenvalue weighted by molar-refractivity contribution is 0.268. The minimum atomic E-state index is -0.563. The average Bonchev–Trinajstić information content (AvgIpc) is 2.35. The van der Waals surface area contributed by atoms with Gasteiger partial charge in [-0.15, -0.1) is 0 Å². The van der Waals surface area contributed by atoms with E-state index in [4.69, 9.17) is 5.53 Å². The van der Waals surface area contributed by atoms with Crippen molar-refractivity contribution in [1.82, 2.24) is 4.98 Å². The first-order chi connectivity index (χ1) is 8.26. The van der Waals surface area contributed by atoms with E-state index in [1.807, 2.05) is 37.3 Å². The fraction of sp³-hybridized carbons (Fsp3) is 0.250. The predicted octanol–water partition coefficient (Wildman–Crippen LogP) is 2.89. The van der Waals surface area contributed by atoms with Gasteiger partial charge in [-0.1, -0.05) is 23.3 Å². The van der Waals surface area contributed by atoms with Gasteiger partial charge in [-0.25, -0.2) is 0 Å². The highest BCUT2D eigenvalue weighted by molar-refractivity contribution is 5.82. The molecule has 86 valence electrons. The second kappa shape index (κ2) is 4.82. The summed E-state index contributed by atoms with van der Waals surface area (Å²) < 4.78 is 0. The van der Waals surface area contributed by atoms with E-state index < -0.39 is 6.04 Å². The highest BCUT2D eigenvalue weighted by Crippen LogP contribution is 2.26. The van der Waals surface area contributed by atoms with Crippen molar-refractivity contribution in [2.24, 2.45) is 5.11 Å². The highest BCUT2D eigenvalue weighted by Gasteiger charge is 2.12. The topological polar surface area (TPSA) is 81.9 Å². The van der Waals surface area contributed by atoms with Gasteiger partial charge in [0.1, 0.15) is 0 Å². The fourth-order valence-electron chi connectivity index (χ4n) is 1.88. The average molecular weight is 228 g/mol. The summed E-state index contributed by atoms with van der Waals surface area (Å²) in [4.78, 5) is 7.16. The monoisotopic (exact) mass is 228 g/mol. The van der Waals surface area contributed by atoms with Crippen LogP contribution in [0, 0.1) is 6.92 Å². The number of nitrogens with zero attached hydrogens (tertiary/aromatic N) is 4. The van der Waals surface area contributed by atoms with Crippen LogP contribution in [-0.4, -0.2) is 16.7 Å². The lowest BCUT2D eigenvalue weighted by Gasteiger charge is -2.12. The van der Waals surface area contributed by atoms with Gasteiger partial charge >= 0.3 is 0 Å². The maximum absolute atomic E-state index is 9.28. The summed E-state index contributed by atoms with van der Waals surface area (Å²) >= 11 is 0. The molecule has 0 bridgehead atoms. The Bertz CT molecular complexity index is 590. The number of aromatic nitrogens is 1. The van der Waals surface area contributed by atoms with Crippen molar-refractivity contribution in [3.05, 3.63) is 52.0 Å². The molecule has 1 aromatic carbocycles.